The number of methoxy groups -OCH3 is 1. The number of aryl methyl sites for hydroxylation is 2. The molecule has 0 fully saturated rings. The lowest BCUT2D eigenvalue weighted by atomic mass is 10.1. The molecule has 106 valence electrons. The number of hydrogen-bond acceptors (Lipinski definition) is 3. The molecule has 0 saturated carbocycles. The lowest BCUT2D eigenvalue weighted by Crippen LogP contribution is -2.24. The Hall–Kier alpha value is -2.14. The van der Waals surface area contributed by atoms with Gasteiger partial charge in [-0.25, -0.2) is 0 Å². The van der Waals surface area contributed by atoms with E-state index < -0.39 is 0 Å². The van der Waals surface area contributed by atoms with Crippen LogP contribution in [0.15, 0.2) is 24.3 Å². The van der Waals surface area contributed by atoms with E-state index in [9.17, 15) is 4.79 Å². The predicted molar refractivity (Wildman–Crippen MR) is 76.4 cm³/mol. The molecule has 0 aliphatic rings. The van der Waals surface area contributed by atoms with Gasteiger partial charge in [0.1, 0.15) is 0 Å². The Bertz CT molecular complexity index is 585. The van der Waals surface area contributed by atoms with Gasteiger partial charge in [0.25, 0.3) is 5.91 Å². The van der Waals surface area contributed by atoms with Gasteiger partial charge < -0.3 is 10.1 Å². The topological polar surface area (TPSA) is 67.0 Å². The van der Waals surface area contributed by atoms with Crippen molar-refractivity contribution >= 4 is 5.91 Å². The van der Waals surface area contributed by atoms with Gasteiger partial charge in [0.15, 0.2) is 0 Å². The number of amides is 1. The SMILES string of the molecule is COCc1ccccc1CNC(=O)c1c(C)n[nH]c1C. The number of carbonyl (C=O) groups is 1. The molecule has 2 N–H and O–H groups in total. The minimum absolute atomic E-state index is 0.110. The minimum atomic E-state index is -0.110. The average Bonchev–Trinajstić information content (AvgIpc) is 2.77. The van der Waals surface area contributed by atoms with E-state index >= 15 is 0 Å². The standard InChI is InChI=1S/C15H19N3O2/c1-10-14(11(2)18-17-10)15(19)16-8-12-6-4-5-7-13(12)9-20-3/h4-7H,8-9H2,1-3H3,(H,16,19)(H,17,18). The second-order valence-corrected chi connectivity index (χ2v) is 4.69. The van der Waals surface area contributed by atoms with Crippen LogP contribution in [0.4, 0.5) is 0 Å². The van der Waals surface area contributed by atoms with Crippen molar-refractivity contribution in [2.45, 2.75) is 27.0 Å². The third-order valence-electron chi connectivity index (χ3n) is 3.21. The Morgan fingerprint density at radius 3 is 2.60 bits per heavy atom. The lowest BCUT2D eigenvalue weighted by molar-refractivity contribution is 0.0949. The maximum Gasteiger partial charge on any atom is 0.255 e. The molecule has 0 atom stereocenters. The van der Waals surface area contributed by atoms with Gasteiger partial charge >= 0.3 is 0 Å². The summed E-state index contributed by atoms with van der Waals surface area (Å²) >= 11 is 0. The second-order valence-electron chi connectivity index (χ2n) is 4.69. The van der Waals surface area contributed by atoms with Gasteiger partial charge in [-0.05, 0) is 25.0 Å². The fourth-order valence-electron chi connectivity index (χ4n) is 2.18. The first-order valence-corrected chi connectivity index (χ1v) is 6.49. The number of rotatable bonds is 5. The molecule has 0 unspecified atom stereocenters. The second kappa shape index (κ2) is 6.34. The number of hydrogen-bond donors (Lipinski definition) is 2. The zero-order valence-electron chi connectivity index (χ0n) is 12.0. The number of benzene rings is 1. The summed E-state index contributed by atoms with van der Waals surface area (Å²) in [6, 6.07) is 7.90. The van der Waals surface area contributed by atoms with Crippen LogP contribution < -0.4 is 5.32 Å². The molecule has 0 aliphatic heterocycles. The van der Waals surface area contributed by atoms with Crippen molar-refractivity contribution in [3.8, 4) is 0 Å². The van der Waals surface area contributed by atoms with Gasteiger partial charge in [-0.1, -0.05) is 24.3 Å². The molecule has 20 heavy (non-hydrogen) atoms. The normalized spacial score (nSPS) is 10.6. The van der Waals surface area contributed by atoms with Gasteiger partial charge in [0, 0.05) is 19.3 Å². The zero-order valence-corrected chi connectivity index (χ0v) is 12.0. The van der Waals surface area contributed by atoms with Gasteiger partial charge in [-0.15, -0.1) is 0 Å². The smallest absolute Gasteiger partial charge is 0.255 e. The molecule has 0 bridgehead atoms. The molecule has 0 saturated heterocycles. The summed E-state index contributed by atoms with van der Waals surface area (Å²) in [5.41, 5.74) is 4.25. The Labute approximate surface area is 118 Å². The molecular formula is C15H19N3O2. The number of ether oxygens (including phenoxy) is 1. The molecular weight excluding hydrogens is 254 g/mol. The summed E-state index contributed by atoms with van der Waals surface area (Å²) in [6.07, 6.45) is 0. The Kier molecular flexibility index (Phi) is 4.53. The van der Waals surface area contributed by atoms with Crippen LogP contribution in [0, 0.1) is 13.8 Å². The maximum absolute atomic E-state index is 12.2. The van der Waals surface area contributed by atoms with Crippen molar-refractivity contribution < 1.29 is 9.53 Å². The fourth-order valence-corrected chi connectivity index (χ4v) is 2.18. The number of nitrogens with zero attached hydrogens (tertiary/aromatic N) is 1. The number of aromatic amines is 1. The third-order valence-corrected chi connectivity index (χ3v) is 3.21. The zero-order chi connectivity index (χ0) is 14.5. The van der Waals surface area contributed by atoms with E-state index in [4.69, 9.17) is 4.74 Å². The number of H-pyrrole nitrogens is 1. The molecule has 2 rings (SSSR count). The predicted octanol–water partition coefficient (Wildman–Crippen LogP) is 2.10. The average molecular weight is 273 g/mol. The van der Waals surface area contributed by atoms with Crippen LogP contribution in [0.3, 0.4) is 0 Å². The molecule has 0 radical (unpaired) electrons. The highest BCUT2D eigenvalue weighted by molar-refractivity contribution is 5.96. The highest BCUT2D eigenvalue weighted by atomic mass is 16.5. The molecule has 2 aromatic rings. The summed E-state index contributed by atoms with van der Waals surface area (Å²) in [6.45, 7) is 4.67. The van der Waals surface area contributed by atoms with E-state index in [1.54, 1.807) is 7.11 Å². The van der Waals surface area contributed by atoms with Crippen LogP contribution in [-0.4, -0.2) is 23.2 Å². The minimum Gasteiger partial charge on any atom is -0.380 e. The van der Waals surface area contributed by atoms with Gasteiger partial charge in [-0.2, -0.15) is 5.10 Å². The van der Waals surface area contributed by atoms with Crippen molar-refractivity contribution in [1.29, 1.82) is 0 Å². The quantitative estimate of drug-likeness (QED) is 0.876. The first kappa shape index (κ1) is 14.3. The summed E-state index contributed by atoms with van der Waals surface area (Å²) < 4.78 is 5.16. The van der Waals surface area contributed by atoms with E-state index in [0.29, 0.717) is 24.4 Å². The van der Waals surface area contributed by atoms with Gasteiger partial charge in [-0.3, -0.25) is 9.89 Å². The first-order valence-electron chi connectivity index (χ1n) is 6.49. The van der Waals surface area contributed by atoms with E-state index in [1.165, 1.54) is 0 Å². The molecule has 5 nitrogen and oxygen atoms in total. The fraction of sp³-hybridized carbons (Fsp3) is 0.333. The van der Waals surface area contributed by atoms with Crippen molar-refractivity contribution in [1.82, 2.24) is 15.5 Å². The Balaban J connectivity index is 2.08. The summed E-state index contributed by atoms with van der Waals surface area (Å²) in [5, 5.41) is 9.78. The summed E-state index contributed by atoms with van der Waals surface area (Å²) in [5.74, 6) is -0.110. The number of nitrogens with one attached hydrogen (secondary N) is 2. The van der Waals surface area contributed by atoms with Crippen LogP contribution in [0.2, 0.25) is 0 Å². The Morgan fingerprint density at radius 1 is 1.30 bits per heavy atom. The Morgan fingerprint density at radius 2 is 2.00 bits per heavy atom. The monoisotopic (exact) mass is 273 g/mol. The van der Waals surface area contributed by atoms with E-state index in [1.807, 2.05) is 38.1 Å². The molecule has 1 heterocycles. The van der Waals surface area contributed by atoms with E-state index in [-0.39, 0.29) is 5.91 Å². The molecule has 1 aromatic carbocycles. The molecule has 0 spiro atoms. The van der Waals surface area contributed by atoms with Crippen LogP contribution in [0.1, 0.15) is 32.9 Å². The van der Waals surface area contributed by atoms with Crippen LogP contribution >= 0.6 is 0 Å². The van der Waals surface area contributed by atoms with Crippen molar-refractivity contribution in [2.75, 3.05) is 7.11 Å². The third kappa shape index (κ3) is 3.05. The lowest BCUT2D eigenvalue weighted by Gasteiger charge is -2.10. The first-order chi connectivity index (χ1) is 9.63. The van der Waals surface area contributed by atoms with Crippen LogP contribution in [-0.2, 0) is 17.9 Å². The van der Waals surface area contributed by atoms with Crippen molar-refractivity contribution in [2.24, 2.45) is 0 Å². The van der Waals surface area contributed by atoms with Crippen LogP contribution in [0.25, 0.3) is 0 Å². The summed E-state index contributed by atoms with van der Waals surface area (Å²) in [7, 11) is 1.66. The highest BCUT2D eigenvalue weighted by Gasteiger charge is 2.15. The highest BCUT2D eigenvalue weighted by Crippen LogP contribution is 2.12. The van der Waals surface area contributed by atoms with E-state index in [2.05, 4.69) is 15.5 Å². The molecule has 1 aromatic heterocycles. The molecule has 1 amide bonds. The molecule has 5 heteroatoms. The van der Waals surface area contributed by atoms with E-state index in [0.717, 1.165) is 16.8 Å². The number of carbonyl (C=O) groups excluding carboxylic acids is 1. The molecule has 0 aliphatic carbocycles. The maximum atomic E-state index is 12.2. The van der Waals surface area contributed by atoms with Gasteiger partial charge in [0.05, 0.1) is 17.9 Å². The van der Waals surface area contributed by atoms with Crippen molar-refractivity contribution in [3.63, 3.8) is 0 Å². The summed E-state index contributed by atoms with van der Waals surface area (Å²) in [4.78, 5) is 12.2. The van der Waals surface area contributed by atoms with Crippen LogP contribution in [0.5, 0.6) is 0 Å². The van der Waals surface area contributed by atoms with Gasteiger partial charge in [0.2, 0.25) is 0 Å². The largest absolute Gasteiger partial charge is 0.380 e. The van der Waals surface area contributed by atoms with Crippen molar-refractivity contribution in [3.05, 3.63) is 52.3 Å². The number of aromatic nitrogens is 2.